The van der Waals surface area contributed by atoms with Gasteiger partial charge in [0.1, 0.15) is 23.1 Å². The molecule has 4 aromatic rings. The van der Waals surface area contributed by atoms with E-state index in [-0.39, 0.29) is 17.2 Å². The summed E-state index contributed by atoms with van der Waals surface area (Å²) in [5.74, 6) is -0.152. The zero-order valence-electron chi connectivity index (χ0n) is 14.9. The second kappa shape index (κ2) is 6.99. The molecule has 8 heteroatoms. The number of nitrogens with zero attached hydrogens (tertiary/aromatic N) is 2. The van der Waals surface area contributed by atoms with E-state index in [0.717, 1.165) is 5.56 Å². The molecule has 0 aliphatic rings. The molecule has 28 heavy (non-hydrogen) atoms. The van der Waals surface area contributed by atoms with Gasteiger partial charge in [0.05, 0.1) is 17.5 Å². The summed E-state index contributed by atoms with van der Waals surface area (Å²) >= 11 is 0. The van der Waals surface area contributed by atoms with Crippen molar-refractivity contribution in [2.75, 3.05) is 11.1 Å². The quantitative estimate of drug-likeness (QED) is 0.498. The average Bonchev–Trinajstić information content (AvgIpc) is 3.32. The number of aromatic nitrogens is 3. The van der Waals surface area contributed by atoms with E-state index in [2.05, 4.69) is 20.5 Å². The summed E-state index contributed by atoms with van der Waals surface area (Å²) in [6, 6.07) is 12.6. The number of amides is 1. The van der Waals surface area contributed by atoms with E-state index in [1.807, 2.05) is 13.0 Å². The first-order chi connectivity index (χ1) is 13.5. The maximum Gasteiger partial charge on any atom is 0.259 e. The van der Waals surface area contributed by atoms with Gasteiger partial charge in [-0.25, -0.2) is 9.37 Å². The van der Waals surface area contributed by atoms with Crippen molar-refractivity contribution in [2.24, 2.45) is 0 Å². The van der Waals surface area contributed by atoms with Crippen molar-refractivity contribution in [3.8, 4) is 22.7 Å². The zero-order valence-corrected chi connectivity index (χ0v) is 14.9. The molecule has 0 radical (unpaired) electrons. The van der Waals surface area contributed by atoms with Crippen LogP contribution in [0.3, 0.4) is 0 Å². The second-order valence-electron chi connectivity index (χ2n) is 6.11. The fraction of sp³-hybridized carbons (Fsp3) is 0.0500. The zero-order chi connectivity index (χ0) is 19.7. The smallest absolute Gasteiger partial charge is 0.259 e. The maximum atomic E-state index is 13.7. The van der Waals surface area contributed by atoms with Gasteiger partial charge in [0.2, 0.25) is 0 Å². The van der Waals surface area contributed by atoms with Gasteiger partial charge >= 0.3 is 0 Å². The molecular weight excluding hydrogens is 361 g/mol. The molecule has 3 heterocycles. The number of hydrogen-bond donors (Lipinski definition) is 3. The van der Waals surface area contributed by atoms with E-state index in [1.54, 1.807) is 30.5 Å². The number of aromatic amines is 1. The molecule has 0 saturated heterocycles. The van der Waals surface area contributed by atoms with Crippen molar-refractivity contribution in [1.82, 2.24) is 15.2 Å². The number of pyridine rings is 1. The van der Waals surface area contributed by atoms with E-state index in [4.69, 9.17) is 10.2 Å². The summed E-state index contributed by atoms with van der Waals surface area (Å²) in [4.78, 5) is 16.4. The third-order valence-electron chi connectivity index (χ3n) is 4.32. The Morgan fingerprint density at radius 2 is 2.00 bits per heavy atom. The van der Waals surface area contributed by atoms with Crippen molar-refractivity contribution >= 4 is 17.5 Å². The molecule has 0 saturated carbocycles. The standard InChI is InChI=1S/C20H16FN5O2/c1-11-17(25-26-18(11)15-7-4-10-28-15)13-8-9-16(23-19(13)22)24-20(27)12-5-2-3-6-14(12)21/h2-10H,1H3,(H,25,26)(H3,22,23,24,27). The van der Waals surface area contributed by atoms with E-state index in [1.165, 1.54) is 18.2 Å². The second-order valence-corrected chi connectivity index (χ2v) is 6.11. The van der Waals surface area contributed by atoms with Crippen LogP contribution in [-0.2, 0) is 0 Å². The highest BCUT2D eigenvalue weighted by atomic mass is 19.1. The number of nitrogen functional groups attached to an aromatic ring is 1. The molecule has 4 rings (SSSR count). The molecule has 0 spiro atoms. The Balaban J connectivity index is 1.61. The summed E-state index contributed by atoms with van der Waals surface area (Å²) in [7, 11) is 0. The maximum absolute atomic E-state index is 13.7. The molecular formula is C20H16FN5O2. The number of carbonyl (C=O) groups excluding carboxylic acids is 1. The summed E-state index contributed by atoms with van der Waals surface area (Å²) in [6.45, 7) is 1.89. The Hall–Kier alpha value is -3.94. The molecule has 0 aliphatic heterocycles. The minimum absolute atomic E-state index is 0.0700. The van der Waals surface area contributed by atoms with E-state index >= 15 is 0 Å². The van der Waals surface area contributed by atoms with Crippen molar-refractivity contribution in [3.63, 3.8) is 0 Å². The van der Waals surface area contributed by atoms with E-state index in [9.17, 15) is 9.18 Å². The SMILES string of the molecule is Cc1c(-c2ccco2)n[nH]c1-c1ccc(NC(=O)c2ccccc2F)nc1N. The van der Waals surface area contributed by atoms with Gasteiger partial charge in [-0.2, -0.15) is 5.10 Å². The van der Waals surface area contributed by atoms with Crippen LogP contribution in [0.1, 0.15) is 15.9 Å². The van der Waals surface area contributed by atoms with Crippen LogP contribution in [0.2, 0.25) is 0 Å². The molecule has 0 atom stereocenters. The molecule has 0 aliphatic carbocycles. The minimum Gasteiger partial charge on any atom is -0.463 e. The Kier molecular flexibility index (Phi) is 4.36. The predicted molar refractivity (Wildman–Crippen MR) is 103 cm³/mol. The Morgan fingerprint density at radius 1 is 1.18 bits per heavy atom. The van der Waals surface area contributed by atoms with E-state index in [0.29, 0.717) is 22.7 Å². The van der Waals surface area contributed by atoms with Gasteiger partial charge in [-0.3, -0.25) is 9.89 Å². The lowest BCUT2D eigenvalue weighted by Crippen LogP contribution is -2.15. The van der Waals surface area contributed by atoms with Crippen molar-refractivity contribution in [2.45, 2.75) is 6.92 Å². The number of anilines is 2. The van der Waals surface area contributed by atoms with Gasteiger partial charge in [0.15, 0.2) is 5.76 Å². The Bertz CT molecular complexity index is 1150. The predicted octanol–water partition coefficient (Wildman–Crippen LogP) is 4.01. The third-order valence-corrected chi connectivity index (χ3v) is 4.32. The number of hydrogen-bond acceptors (Lipinski definition) is 5. The lowest BCUT2D eigenvalue weighted by molar-refractivity contribution is 0.102. The lowest BCUT2D eigenvalue weighted by Gasteiger charge is -2.09. The molecule has 0 bridgehead atoms. The molecule has 140 valence electrons. The first kappa shape index (κ1) is 17.5. The first-order valence-corrected chi connectivity index (χ1v) is 8.46. The number of halogens is 1. The van der Waals surface area contributed by atoms with Crippen LogP contribution >= 0.6 is 0 Å². The molecule has 4 N–H and O–H groups in total. The summed E-state index contributed by atoms with van der Waals surface area (Å²) < 4.78 is 19.1. The number of nitrogens with two attached hydrogens (primary N) is 1. The third kappa shape index (κ3) is 3.11. The Labute approximate surface area is 159 Å². The van der Waals surface area contributed by atoms with Crippen LogP contribution in [0, 0.1) is 12.7 Å². The van der Waals surface area contributed by atoms with Crippen molar-refractivity contribution in [3.05, 3.63) is 71.7 Å². The number of furan rings is 1. The van der Waals surface area contributed by atoms with Crippen LogP contribution in [0.15, 0.2) is 59.2 Å². The largest absolute Gasteiger partial charge is 0.463 e. The highest BCUT2D eigenvalue weighted by molar-refractivity contribution is 6.04. The van der Waals surface area contributed by atoms with E-state index < -0.39 is 11.7 Å². The highest BCUT2D eigenvalue weighted by Gasteiger charge is 2.18. The van der Waals surface area contributed by atoms with Crippen molar-refractivity contribution < 1.29 is 13.6 Å². The van der Waals surface area contributed by atoms with Gasteiger partial charge in [-0.05, 0) is 43.3 Å². The van der Waals surface area contributed by atoms with Crippen LogP contribution in [0.25, 0.3) is 22.7 Å². The van der Waals surface area contributed by atoms with Gasteiger partial charge in [0, 0.05) is 11.1 Å². The molecule has 7 nitrogen and oxygen atoms in total. The summed E-state index contributed by atoms with van der Waals surface area (Å²) in [5, 5.41) is 9.78. The van der Waals surface area contributed by atoms with Gasteiger partial charge in [-0.1, -0.05) is 12.1 Å². The van der Waals surface area contributed by atoms with Crippen LogP contribution in [-0.4, -0.2) is 21.1 Å². The fourth-order valence-electron chi connectivity index (χ4n) is 2.90. The summed E-state index contributed by atoms with van der Waals surface area (Å²) in [5.41, 5.74) is 8.88. The van der Waals surface area contributed by atoms with Crippen LogP contribution < -0.4 is 11.1 Å². The summed E-state index contributed by atoms with van der Waals surface area (Å²) in [6.07, 6.45) is 1.58. The lowest BCUT2D eigenvalue weighted by atomic mass is 10.1. The van der Waals surface area contributed by atoms with Crippen molar-refractivity contribution in [1.29, 1.82) is 0 Å². The normalized spacial score (nSPS) is 10.8. The molecule has 1 aromatic carbocycles. The number of benzene rings is 1. The molecule has 0 fully saturated rings. The van der Waals surface area contributed by atoms with Crippen LogP contribution in [0.4, 0.5) is 16.0 Å². The molecule has 3 aromatic heterocycles. The van der Waals surface area contributed by atoms with Crippen LogP contribution in [0.5, 0.6) is 0 Å². The first-order valence-electron chi connectivity index (χ1n) is 8.46. The number of rotatable bonds is 4. The highest BCUT2D eigenvalue weighted by Crippen LogP contribution is 2.32. The number of carbonyl (C=O) groups is 1. The monoisotopic (exact) mass is 377 g/mol. The number of nitrogens with one attached hydrogen (secondary N) is 2. The molecule has 1 amide bonds. The van der Waals surface area contributed by atoms with Gasteiger partial charge < -0.3 is 15.5 Å². The molecule has 0 unspecified atom stereocenters. The topological polar surface area (TPSA) is 110 Å². The Morgan fingerprint density at radius 3 is 2.71 bits per heavy atom. The minimum atomic E-state index is -0.608. The van der Waals surface area contributed by atoms with Gasteiger partial charge in [0.25, 0.3) is 5.91 Å². The average molecular weight is 377 g/mol. The fourth-order valence-corrected chi connectivity index (χ4v) is 2.90. The number of H-pyrrole nitrogens is 1. The van der Waals surface area contributed by atoms with Gasteiger partial charge in [-0.15, -0.1) is 0 Å².